The number of hydrogen-bond donors (Lipinski definition) is 0. The van der Waals surface area contributed by atoms with Crippen LogP contribution in [0, 0.1) is 42.6 Å². The second kappa shape index (κ2) is 8.44. The number of hydrogen-bond acceptors (Lipinski definition) is 4. The van der Waals surface area contributed by atoms with Crippen LogP contribution in [0.15, 0.2) is 58.1 Å². The number of ether oxygens (including phenoxy) is 1. The predicted octanol–water partition coefficient (Wildman–Crippen LogP) is 5.62. The molecule has 5 nitrogen and oxygen atoms in total. The third kappa shape index (κ3) is 3.80. The Labute approximate surface area is 227 Å². The first-order chi connectivity index (χ1) is 15.9. The van der Waals surface area contributed by atoms with Gasteiger partial charge in [0.1, 0.15) is 12.4 Å². The molecule has 0 unspecified atom stereocenters. The molecule has 0 radical (unpaired) electrons. The van der Waals surface area contributed by atoms with Gasteiger partial charge in [0.15, 0.2) is 0 Å². The van der Waals surface area contributed by atoms with Crippen LogP contribution in [0.5, 0.6) is 5.75 Å². The van der Waals surface area contributed by atoms with E-state index >= 15 is 0 Å². The molecule has 2 amide bonds. The van der Waals surface area contributed by atoms with Crippen molar-refractivity contribution in [1.29, 1.82) is 0 Å². The average Bonchev–Trinajstić information content (AvgIpc) is 3.57. The Balaban J connectivity index is 1.18. The van der Waals surface area contributed by atoms with Gasteiger partial charge in [-0.2, -0.15) is 10.1 Å². The van der Waals surface area contributed by atoms with Gasteiger partial charge >= 0.3 is 0 Å². The monoisotopic (exact) mass is 728 g/mol. The summed E-state index contributed by atoms with van der Waals surface area (Å²) < 4.78 is 9.01. The fourth-order valence-corrected chi connectivity index (χ4v) is 8.10. The molecule has 0 N–H and O–H groups in total. The first kappa shape index (κ1) is 22.2. The van der Waals surface area contributed by atoms with E-state index in [4.69, 9.17) is 4.74 Å². The number of imide groups is 1. The SMILES string of the molecule is O=C1[C@@H]2[C@@H]3C=C[C@H]([C@H]4C[C@H]34)[C@@H]2C(=O)N1/N=C/c1cc(I)c(OCc2ccc(Br)cc2)c(I)c1. The van der Waals surface area contributed by atoms with Gasteiger partial charge in [-0.1, -0.05) is 40.2 Å². The molecule has 1 heterocycles. The third-order valence-corrected chi connectivity index (χ3v) is 9.41. The molecular formula is C25H19BrI2N2O3. The summed E-state index contributed by atoms with van der Waals surface area (Å²) in [6.07, 6.45) is 7.13. The molecule has 4 aliphatic carbocycles. The first-order valence-corrected chi connectivity index (χ1v) is 13.8. The highest BCUT2D eigenvalue weighted by molar-refractivity contribution is 14.1. The Hall–Kier alpha value is -1.27. The van der Waals surface area contributed by atoms with E-state index in [1.807, 2.05) is 36.4 Å². The van der Waals surface area contributed by atoms with Crippen LogP contribution in [-0.2, 0) is 16.2 Å². The lowest BCUT2D eigenvalue weighted by Gasteiger charge is -2.37. The molecule has 168 valence electrons. The summed E-state index contributed by atoms with van der Waals surface area (Å²) in [5.41, 5.74) is 1.92. The van der Waals surface area contributed by atoms with Crippen molar-refractivity contribution >= 4 is 79.1 Å². The molecule has 1 saturated heterocycles. The number of nitrogens with zero attached hydrogens (tertiary/aromatic N) is 2. The number of halogens is 3. The molecule has 2 aromatic rings. The smallest absolute Gasteiger partial charge is 0.254 e. The van der Waals surface area contributed by atoms with Crippen LogP contribution < -0.4 is 4.74 Å². The lowest BCUT2D eigenvalue weighted by atomic mass is 9.63. The summed E-state index contributed by atoms with van der Waals surface area (Å²) in [5, 5.41) is 5.49. The van der Waals surface area contributed by atoms with Gasteiger partial charge < -0.3 is 4.74 Å². The Morgan fingerprint density at radius 2 is 1.58 bits per heavy atom. The van der Waals surface area contributed by atoms with Gasteiger partial charge in [0, 0.05) is 4.47 Å². The minimum Gasteiger partial charge on any atom is -0.487 e. The maximum atomic E-state index is 13.1. The molecule has 6 atom stereocenters. The maximum Gasteiger partial charge on any atom is 0.254 e. The number of allylic oxidation sites excluding steroid dienone is 2. The van der Waals surface area contributed by atoms with Crippen molar-refractivity contribution in [2.75, 3.05) is 0 Å². The normalized spacial score (nSPS) is 31.3. The predicted molar refractivity (Wildman–Crippen MR) is 144 cm³/mol. The fraction of sp³-hybridized carbons (Fsp3) is 0.320. The summed E-state index contributed by atoms with van der Waals surface area (Å²) >= 11 is 7.94. The highest BCUT2D eigenvalue weighted by atomic mass is 127. The van der Waals surface area contributed by atoms with Crippen molar-refractivity contribution in [3.63, 3.8) is 0 Å². The van der Waals surface area contributed by atoms with Crippen LogP contribution in [0.4, 0.5) is 0 Å². The van der Waals surface area contributed by atoms with E-state index < -0.39 is 0 Å². The number of benzene rings is 2. The van der Waals surface area contributed by atoms with Crippen molar-refractivity contribution in [1.82, 2.24) is 5.01 Å². The Bertz CT molecular complexity index is 1170. The molecule has 7 rings (SSSR count). The molecular weight excluding hydrogens is 710 g/mol. The zero-order valence-electron chi connectivity index (χ0n) is 17.3. The topological polar surface area (TPSA) is 59.0 Å². The Morgan fingerprint density at radius 1 is 1.00 bits per heavy atom. The van der Waals surface area contributed by atoms with Gasteiger partial charge in [-0.15, -0.1) is 0 Å². The van der Waals surface area contributed by atoms with Crippen LogP contribution in [0.2, 0.25) is 0 Å². The highest BCUT2D eigenvalue weighted by Crippen LogP contribution is 2.65. The molecule has 5 aliphatic rings. The van der Waals surface area contributed by atoms with Crippen LogP contribution in [0.3, 0.4) is 0 Å². The first-order valence-electron chi connectivity index (χ1n) is 10.9. The van der Waals surface area contributed by atoms with E-state index in [1.54, 1.807) is 6.21 Å². The Morgan fingerprint density at radius 3 is 2.15 bits per heavy atom. The van der Waals surface area contributed by atoms with Gasteiger partial charge in [-0.05, 0) is 111 Å². The van der Waals surface area contributed by atoms with Crippen molar-refractivity contribution in [2.45, 2.75) is 13.0 Å². The molecule has 8 heteroatoms. The summed E-state index contributed by atoms with van der Waals surface area (Å²) in [6, 6.07) is 12.0. The molecule has 1 aliphatic heterocycles. The van der Waals surface area contributed by atoms with Crippen molar-refractivity contribution in [3.05, 3.63) is 71.3 Å². The largest absolute Gasteiger partial charge is 0.487 e. The number of carbonyl (C=O) groups excluding carboxylic acids is 2. The third-order valence-electron chi connectivity index (χ3n) is 7.28. The van der Waals surface area contributed by atoms with E-state index in [1.165, 1.54) is 0 Å². The van der Waals surface area contributed by atoms with Gasteiger partial charge in [-0.25, -0.2) is 0 Å². The van der Waals surface area contributed by atoms with E-state index in [0.29, 0.717) is 18.4 Å². The lowest BCUT2D eigenvalue weighted by molar-refractivity contribution is -0.140. The molecule has 2 saturated carbocycles. The number of amides is 2. The van der Waals surface area contributed by atoms with E-state index in [9.17, 15) is 9.59 Å². The number of carbonyl (C=O) groups is 2. The lowest BCUT2D eigenvalue weighted by Crippen LogP contribution is -2.40. The summed E-state index contributed by atoms with van der Waals surface area (Å²) in [4.78, 5) is 26.2. The molecule has 0 aromatic heterocycles. The molecule has 33 heavy (non-hydrogen) atoms. The van der Waals surface area contributed by atoms with Gasteiger partial charge in [0.05, 0.1) is 25.2 Å². The second-order valence-corrected chi connectivity index (χ2v) is 12.4. The quantitative estimate of drug-likeness (QED) is 0.174. The maximum absolute atomic E-state index is 13.1. The molecule has 0 spiro atoms. The van der Waals surface area contributed by atoms with Crippen LogP contribution in [0.1, 0.15) is 17.5 Å². The minimum atomic E-state index is -0.219. The second-order valence-electron chi connectivity index (χ2n) is 9.12. The molecule has 2 bridgehead atoms. The average molecular weight is 729 g/mol. The summed E-state index contributed by atoms with van der Waals surface area (Å²) in [6.45, 7) is 0.477. The number of hydrazone groups is 1. The van der Waals surface area contributed by atoms with Crippen molar-refractivity contribution < 1.29 is 14.3 Å². The molecule has 3 fully saturated rings. The van der Waals surface area contributed by atoms with Crippen LogP contribution in [0.25, 0.3) is 0 Å². The van der Waals surface area contributed by atoms with Gasteiger partial charge in [-0.3, -0.25) is 9.59 Å². The fourth-order valence-electron chi connectivity index (χ4n) is 5.71. The summed E-state index contributed by atoms with van der Waals surface area (Å²) in [5.74, 6) is 1.72. The van der Waals surface area contributed by atoms with E-state index in [2.05, 4.69) is 78.4 Å². The number of rotatable bonds is 5. The van der Waals surface area contributed by atoms with E-state index in [-0.39, 0.29) is 35.5 Å². The minimum absolute atomic E-state index is 0.134. The van der Waals surface area contributed by atoms with E-state index in [0.717, 1.165) is 39.9 Å². The van der Waals surface area contributed by atoms with Crippen LogP contribution in [-0.4, -0.2) is 23.0 Å². The zero-order chi connectivity index (χ0) is 22.9. The van der Waals surface area contributed by atoms with Crippen molar-refractivity contribution in [2.24, 2.45) is 40.6 Å². The van der Waals surface area contributed by atoms with Crippen molar-refractivity contribution in [3.8, 4) is 5.75 Å². The summed E-state index contributed by atoms with van der Waals surface area (Å²) in [7, 11) is 0. The molecule has 2 aromatic carbocycles. The standard InChI is InChI=1S/C25H19BrI2N2O3/c26-14-3-1-12(2-4-14)11-33-23-19(27)7-13(8-20(23)28)10-29-30-24(31)21-15-5-6-16(18-9-17(15)18)22(21)25(30)32/h1-8,10,15-18,21-22H,9,11H2/b29-10+/t15-,16-,17-,18-,21-,22+/m1/s1. The Kier molecular flexibility index (Phi) is 5.68. The van der Waals surface area contributed by atoms with Gasteiger partial charge in [0.2, 0.25) is 0 Å². The van der Waals surface area contributed by atoms with Crippen LogP contribution >= 0.6 is 61.1 Å². The zero-order valence-corrected chi connectivity index (χ0v) is 23.2. The highest BCUT2D eigenvalue weighted by Gasteiger charge is 2.67. The van der Waals surface area contributed by atoms with Gasteiger partial charge in [0.25, 0.3) is 11.8 Å².